The maximum Gasteiger partial charge on any atom is 0.246 e. The first-order valence-corrected chi connectivity index (χ1v) is 10.8. The van der Waals surface area contributed by atoms with Crippen LogP contribution in [0.5, 0.6) is 0 Å². The summed E-state index contributed by atoms with van der Waals surface area (Å²) in [6.07, 6.45) is 7.17. The lowest BCUT2D eigenvalue weighted by Gasteiger charge is -2.35. The minimum absolute atomic E-state index is 0. The van der Waals surface area contributed by atoms with Crippen LogP contribution in [0.1, 0.15) is 44.9 Å². The Hall–Kier alpha value is -0.500. The summed E-state index contributed by atoms with van der Waals surface area (Å²) in [5.74, 6) is 1.91. The van der Waals surface area contributed by atoms with E-state index < -0.39 is 0 Å². The van der Waals surface area contributed by atoms with Gasteiger partial charge in [-0.1, -0.05) is 12.8 Å². The molecule has 0 aromatic rings. The van der Waals surface area contributed by atoms with Crippen molar-refractivity contribution in [3.8, 4) is 0 Å². The Labute approximate surface area is 166 Å². The summed E-state index contributed by atoms with van der Waals surface area (Å²) >= 11 is 1.70. The first kappa shape index (κ1) is 21.8. The summed E-state index contributed by atoms with van der Waals surface area (Å²) in [4.78, 5) is 29.5. The maximum atomic E-state index is 13.0. The van der Waals surface area contributed by atoms with Gasteiger partial charge in [0.05, 0.1) is 12.0 Å². The molecule has 8 heteroatoms. The zero-order chi connectivity index (χ0) is 17.6. The summed E-state index contributed by atoms with van der Waals surface area (Å²) in [5, 5.41) is 0. The lowest BCUT2D eigenvalue weighted by atomic mass is 10.0. The minimum atomic E-state index is -0.257. The molecular formula is C18H32ClN3O3S. The second-order valence-electron chi connectivity index (χ2n) is 7.34. The zero-order valence-corrected chi connectivity index (χ0v) is 17.1. The SMILES string of the molecule is Cl.NCCCOC1CCN(C(=O)C2CSCN2C(=O)C2CCCC2)CC1. The average molecular weight is 406 g/mol. The molecule has 1 atom stereocenters. The summed E-state index contributed by atoms with van der Waals surface area (Å²) in [5.41, 5.74) is 5.49. The normalized spacial score (nSPS) is 24.7. The Morgan fingerprint density at radius 2 is 1.77 bits per heavy atom. The van der Waals surface area contributed by atoms with E-state index in [-0.39, 0.29) is 42.3 Å². The van der Waals surface area contributed by atoms with Gasteiger partial charge in [-0.05, 0) is 38.6 Å². The van der Waals surface area contributed by atoms with Crippen LogP contribution in [0.3, 0.4) is 0 Å². The average Bonchev–Trinajstić information content (AvgIpc) is 3.33. The molecule has 1 saturated carbocycles. The van der Waals surface area contributed by atoms with E-state index in [0.29, 0.717) is 19.0 Å². The van der Waals surface area contributed by atoms with Crippen LogP contribution in [0, 0.1) is 5.92 Å². The first-order chi connectivity index (χ1) is 12.2. The van der Waals surface area contributed by atoms with Crippen molar-refractivity contribution in [2.24, 2.45) is 11.7 Å². The molecule has 0 bridgehead atoms. The number of carbonyl (C=O) groups is 2. The van der Waals surface area contributed by atoms with Crippen LogP contribution in [0.15, 0.2) is 0 Å². The second kappa shape index (κ2) is 10.7. The Morgan fingerprint density at radius 1 is 1.08 bits per heavy atom. The molecule has 2 amide bonds. The number of hydrogen-bond donors (Lipinski definition) is 1. The van der Waals surface area contributed by atoms with Crippen LogP contribution in [0.4, 0.5) is 0 Å². The van der Waals surface area contributed by atoms with E-state index in [2.05, 4.69) is 0 Å². The molecule has 1 aliphatic carbocycles. The van der Waals surface area contributed by atoms with Gasteiger partial charge >= 0.3 is 0 Å². The first-order valence-electron chi connectivity index (χ1n) is 9.69. The second-order valence-corrected chi connectivity index (χ2v) is 8.34. The molecule has 150 valence electrons. The van der Waals surface area contributed by atoms with E-state index in [9.17, 15) is 9.59 Å². The Morgan fingerprint density at radius 3 is 2.42 bits per heavy atom. The van der Waals surface area contributed by atoms with Crippen molar-refractivity contribution in [3.05, 3.63) is 0 Å². The Kier molecular flexibility index (Phi) is 9.00. The molecule has 1 unspecified atom stereocenters. The van der Waals surface area contributed by atoms with Crippen molar-refractivity contribution in [3.63, 3.8) is 0 Å². The molecule has 2 aliphatic heterocycles. The minimum Gasteiger partial charge on any atom is -0.378 e. The molecule has 2 heterocycles. The number of piperidine rings is 1. The third-order valence-electron chi connectivity index (χ3n) is 5.61. The van der Waals surface area contributed by atoms with Gasteiger partial charge in [0.1, 0.15) is 6.04 Å². The predicted octanol–water partition coefficient (Wildman–Crippen LogP) is 1.86. The molecule has 26 heavy (non-hydrogen) atoms. The van der Waals surface area contributed by atoms with Crippen molar-refractivity contribution in [2.75, 3.05) is 37.9 Å². The molecule has 2 N–H and O–H groups in total. The molecule has 0 aromatic heterocycles. The van der Waals surface area contributed by atoms with Crippen LogP contribution in [-0.2, 0) is 14.3 Å². The number of carbonyl (C=O) groups excluding carboxylic acids is 2. The van der Waals surface area contributed by atoms with E-state index in [1.165, 1.54) is 0 Å². The highest BCUT2D eigenvalue weighted by molar-refractivity contribution is 7.99. The molecule has 0 radical (unpaired) electrons. The number of likely N-dealkylation sites (tertiary alicyclic amines) is 1. The van der Waals surface area contributed by atoms with E-state index in [0.717, 1.165) is 63.8 Å². The molecule has 6 nitrogen and oxygen atoms in total. The van der Waals surface area contributed by atoms with Crippen LogP contribution in [-0.4, -0.2) is 71.6 Å². The van der Waals surface area contributed by atoms with Crippen molar-refractivity contribution in [1.82, 2.24) is 9.80 Å². The van der Waals surface area contributed by atoms with Crippen LogP contribution in [0.25, 0.3) is 0 Å². The van der Waals surface area contributed by atoms with Crippen molar-refractivity contribution >= 4 is 36.0 Å². The standard InChI is InChI=1S/C18H31N3O3S.ClH/c19-8-3-11-24-15-6-9-20(10-7-15)18(23)16-12-25-13-21(16)17(22)14-4-1-2-5-14;/h14-16H,1-13,19H2;1H. The van der Waals surface area contributed by atoms with E-state index >= 15 is 0 Å². The lowest BCUT2D eigenvalue weighted by Crippen LogP contribution is -2.52. The number of ether oxygens (including phenoxy) is 1. The zero-order valence-electron chi connectivity index (χ0n) is 15.4. The number of rotatable bonds is 6. The Balaban J connectivity index is 0.00000243. The number of amides is 2. The molecule has 2 saturated heterocycles. The number of nitrogens with two attached hydrogens (primary N) is 1. The fraction of sp³-hybridized carbons (Fsp3) is 0.889. The third-order valence-corrected chi connectivity index (χ3v) is 6.62. The van der Waals surface area contributed by atoms with Gasteiger partial charge in [-0.3, -0.25) is 9.59 Å². The number of nitrogens with zero attached hydrogens (tertiary/aromatic N) is 2. The monoisotopic (exact) mass is 405 g/mol. The van der Waals surface area contributed by atoms with Crippen LogP contribution in [0.2, 0.25) is 0 Å². The maximum absolute atomic E-state index is 13.0. The summed E-state index contributed by atoms with van der Waals surface area (Å²) in [6.45, 7) is 2.83. The highest BCUT2D eigenvalue weighted by Gasteiger charge is 2.40. The quantitative estimate of drug-likeness (QED) is 0.682. The molecule has 3 rings (SSSR count). The Bertz CT molecular complexity index is 469. The molecule has 3 aliphatic rings. The summed E-state index contributed by atoms with van der Waals surface area (Å²) < 4.78 is 5.82. The summed E-state index contributed by atoms with van der Waals surface area (Å²) in [7, 11) is 0. The van der Waals surface area contributed by atoms with E-state index in [4.69, 9.17) is 10.5 Å². The number of hydrogen-bond acceptors (Lipinski definition) is 5. The van der Waals surface area contributed by atoms with Crippen LogP contribution < -0.4 is 5.73 Å². The molecular weight excluding hydrogens is 374 g/mol. The van der Waals surface area contributed by atoms with Gasteiger partial charge in [0, 0.05) is 31.4 Å². The highest BCUT2D eigenvalue weighted by atomic mass is 35.5. The predicted molar refractivity (Wildman–Crippen MR) is 106 cm³/mol. The van der Waals surface area contributed by atoms with Gasteiger partial charge in [-0.25, -0.2) is 0 Å². The fourth-order valence-electron chi connectivity index (χ4n) is 4.06. The largest absolute Gasteiger partial charge is 0.378 e. The highest BCUT2D eigenvalue weighted by Crippen LogP contribution is 2.31. The van der Waals surface area contributed by atoms with Crippen molar-refractivity contribution in [2.45, 2.75) is 57.1 Å². The fourth-order valence-corrected chi connectivity index (χ4v) is 5.21. The van der Waals surface area contributed by atoms with E-state index in [1.54, 1.807) is 11.8 Å². The van der Waals surface area contributed by atoms with Gasteiger partial charge in [0.2, 0.25) is 11.8 Å². The van der Waals surface area contributed by atoms with Gasteiger partial charge in [-0.2, -0.15) is 0 Å². The smallest absolute Gasteiger partial charge is 0.246 e. The molecule has 3 fully saturated rings. The van der Waals surface area contributed by atoms with E-state index in [1.807, 2.05) is 9.80 Å². The lowest BCUT2D eigenvalue weighted by molar-refractivity contribution is -0.147. The van der Waals surface area contributed by atoms with Gasteiger partial charge < -0.3 is 20.3 Å². The van der Waals surface area contributed by atoms with Crippen molar-refractivity contribution in [1.29, 1.82) is 0 Å². The van der Waals surface area contributed by atoms with Gasteiger partial charge in [0.15, 0.2) is 0 Å². The van der Waals surface area contributed by atoms with Crippen LogP contribution >= 0.6 is 24.2 Å². The third kappa shape index (κ3) is 5.27. The molecule has 0 spiro atoms. The number of thioether (sulfide) groups is 1. The number of halogens is 1. The van der Waals surface area contributed by atoms with Crippen molar-refractivity contribution < 1.29 is 14.3 Å². The van der Waals surface area contributed by atoms with Gasteiger partial charge in [0.25, 0.3) is 0 Å². The molecule has 0 aromatic carbocycles. The topological polar surface area (TPSA) is 75.9 Å². The van der Waals surface area contributed by atoms with Gasteiger partial charge in [-0.15, -0.1) is 24.2 Å². The summed E-state index contributed by atoms with van der Waals surface area (Å²) in [6, 6.07) is -0.257.